The van der Waals surface area contributed by atoms with Crippen LogP contribution < -0.4 is 4.74 Å². The molecule has 2 fully saturated rings. The van der Waals surface area contributed by atoms with Crippen LogP contribution in [-0.4, -0.2) is 66.2 Å². The summed E-state index contributed by atoms with van der Waals surface area (Å²) < 4.78 is 5.37. The molecule has 26 heavy (non-hydrogen) atoms. The second-order valence-electron chi connectivity index (χ2n) is 8.19. The molecule has 2 aliphatic heterocycles. The number of aliphatic hydroxyl groups is 1. The third-order valence-electron chi connectivity index (χ3n) is 6.38. The van der Waals surface area contributed by atoms with E-state index in [1.165, 1.54) is 10.9 Å². The molecule has 3 aliphatic rings. The minimum absolute atomic E-state index is 0.0396. The molecule has 1 spiro atoms. The molecule has 1 aromatic heterocycles. The number of aromatic nitrogens is 1. The molecule has 0 unspecified atom stereocenters. The van der Waals surface area contributed by atoms with E-state index in [4.69, 9.17) is 4.74 Å². The van der Waals surface area contributed by atoms with Crippen LogP contribution in [0.5, 0.6) is 5.75 Å². The molecule has 2 N–H and O–H groups in total. The summed E-state index contributed by atoms with van der Waals surface area (Å²) in [5.74, 6) is 1.41. The number of likely N-dealkylation sites (tertiary alicyclic amines) is 1. The predicted molar refractivity (Wildman–Crippen MR) is 98.3 cm³/mol. The maximum atomic E-state index is 12.5. The lowest BCUT2D eigenvalue weighted by molar-refractivity contribution is -0.142. The zero-order chi connectivity index (χ0) is 18.1. The Hall–Kier alpha value is -2.05. The van der Waals surface area contributed by atoms with Crippen molar-refractivity contribution in [1.29, 1.82) is 0 Å². The van der Waals surface area contributed by atoms with E-state index in [1.54, 1.807) is 7.11 Å². The SMILES string of the molecule is COc1ccc2c3c([nH]c2c1)[C@@H](CO)N(C)CC31CN(C(=O)C2CC2)C1. The average molecular weight is 355 g/mol. The maximum absolute atomic E-state index is 12.5. The lowest BCUT2D eigenvalue weighted by Gasteiger charge is -2.55. The monoisotopic (exact) mass is 355 g/mol. The van der Waals surface area contributed by atoms with Gasteiger partial charge in [-0.3, -0.25) is 9.69 Å². The number of hydrogen-bond donors (Lipinski definition) is 2. The highest BCUT2D eigenvalue weighted by Gasteiger charge is 2.54. The molecule has 5 rings (SSSR count). The van der Waals surface area contributed by atoms with Gasteiger partial charge in [-0.2, -0.15) is 0 Å². The van der Waals surface area contributed by atoms with Gasteiger partial charge in [0.25, 0.3) is 0 Å². The van der Waals surface area contributed by atoms with Gasteiger partial charge in [0.1, 0.15) is 5.75 Å². The smallest absolute Gasteiger partial charge is 0.225 e. The van der Waals surface area contributed by atoms with Crippen LogP contribution in [0.2, 0.25) is 0 Å². The van der Waals surface area contributed by atoms with E-state index >= 15 is 0 Å². The van der Waals surface area contributed by atoms with Gasteiger partial charge in [0.15, 0.2) is 0 Å². The molecule has 1 aliphatic carbocycles. The fraction of sp³-hybridized carbons (Fsp3) is 0.550. The van der Waals surface area contributed by atoms with Crippen molar-refractivity contribution in [1.82, 2.24) is 14.8 Å². The lowest BCUT2D eigenvalue weighted by Crippen LogP contribution is -2.67. The number of rotatable bonds is 3. The van der Waals surface area contributed by atoms with Crippen LogP contribution in [0.25, 0.3) is 10.9 Å². The second-order valence-corrected chi connectivity index (χ2v) is 8.19. The minimum atomic E-state index is -0.0485. The molecule has 0 bridgehead atoms. The van der Waals surface area contributed by atoms with Gasteiger partial charge < -0.3 is 19.7 Å². The first-order valence-electron chi connectivity index (χ1n) is 9.36. The summed E-state index contributed by atoms with van der Waals surface area (Å²) in [5, 5.41) is 11.2. The topological polar surface area (TPSA) is 68.8 Å². The van der Waals surface area contributed by atoms with Gasteiger partial charge in [0, 0.05) is 53.6 Å². The lowest BCUT2D eigenvalue weighted by atomic mass is 9.68. The van der Waals surface area contributed by atoms with Crippen molar-refractivity contribution in [3.05, 3.63) is 29.5 Å². The van der Waals surface area contributed by atoms with Crippen LogP contribution in [0.4, 0.5) is 0 Å². The first-order valence-corrected chi connectivity index (χ1v) is 9.36. The third kappa shape index (κ3) is 2.15. The van der Waals surface area contributed by atoms with Gasteiger partial charge in [0.2, 0.25) is 5.91 Å². The highest BCUT2D eigenvalue weighted by Crippen LogP contribution is 2.49. The molecule has 138 valence electrons. The molecular weight excluding hydrogens is 330 g/mol. The van der Waals surface area contributed by atoms with E-state index < -0.39 is 0 Å². The number of hydrogen-bond acceptors (Lipinski definition) is 4. The van der Waals surface area contributed by atoms with E-state index in [-0.39, 0.29) is 24.0 Å². The molecule has 6 nitrogen and oxygen atoms in total. The fourth-order valence-corrected chi connectivity index (χ4v) is 4.95. The zero-order valence-electron chi connectivity index (χ0n) is 15.3. The Labute approximate surface area is 152 Å². The van der Waals surface area contributed by atoms with Crippen LogP contribution in [0.1, 0.15) is 30.1 Å². The van der Waals surface area contributed by atoms with Crippen LogP contribution in [-0.2, 0) is 10.2 Å². The number of carbonyl (C=O) groups excluding carboxylic acids is 1. The zero-order valence-corrected chi connectivity index (χ0v) is 15.3. The third-order valence-corrected chi connectivity index (χ3v) is 6.38. The summed E-state index contributed by atoms with van der Waals surface area (Å²) >= 11 is 0. The van der Waals surface area contributed by atoms with Gasteiger partial charge in [-0.15, -0.1) is 0 Å². The van der Waals surface area contributed by atoms with Gasteiger partial charge >= 0.3 is 0 Å². The molecule has 1 amide bonds. The largest absolute Gasteiger partial charge is 0.497 e. The number of benzene rings is 1. The predicted octanol–water partition coefficient (Wildman–Crippen LogP) is 1.65. The number of ether oxygens (including phenoxy) is 1. The molecule has 1 atom stereocenters. The first-order chi connectivity index (χ1) is 12.6. The van der Waals surface area contributed by atoms with E-state index in [2.05, 4.69) is 23.0 Å². The number of aliphatic hydroxyl groups excluding tert-OH is 1. The Kier molecular flexibility index (Phi) is 3.40. The number of nitrogens with one attached hydrogen (secondary N) is 1. The van der Waals surface area contributed by atoms with Gasteiger partial charge in [0.05, 0.1) is 19.8 Å². The molecular formula is C20H25N3O3. The Balaban J connectivity index is 1.59. The second kappa shape index (κ2) is 5.47. The average Bonchev–Trinajstić information content (AvgIpc) is 3.38. The molecule has 1 saturated heterocycles. The molecule has 0 radical (unpaired) electrons. The van der Waals surface area contributed by atoms with E-state index in [0.29, 0.717) is 5.91 Å². The van der Waals surface area contributed by atoms with E-state index in [9.17, 15) is 9.90 Å². The summed E-state index contributed by atoms with van der Waals surface area (Å²) in [6.07, 6.45) is 2.10. The van der Waals surface area contributed by atoms with Crippen molar-refractivity contribution in [2.75, 3.05) is 40.4 Å². The Morgan fingerprint density at radius 2 is 2.12 bits per heavy atom. The van der Waals surface area contributed by atoms with Crippen LogP contribution in [0, 0.1) is 5.92 Å². The van der Waals surface area contributed by atoms with Crippen LogP contribution >= 0.6 is 0 Å². The number of fused-ring (bicyclic) bond motifs is 4. The molecule has 1 saturated carbocycles. The number of H-pyrrole nitrogens is 1. The minimum Gasteiger partial charge on any atom is -0.497 e. The quantitative estimate of drug-likeness (QED) is 0.878. The number of likely N-dealkylation sites (N-methyl/N-ethyl adjacent to an activating group) is 1. The summed E-state index contributed by atoms with van der Waals surface area (Å²) in [7, 11) is 3.73. The molecule has 2 aromatic rings. The first kappa shape index (κ1) is 16.1. The number of amides is 1. The fourth-order valence-electron chi connectivity index (χ4n) is 4.95. The summed E-state index contributed by atoms with van der Waals surface area (Å²) in [5.41, 5.74) is 3.36. The maximum Gasteiger partial charge on any atom is 0.225 e. The van der Waals surface area contributed by atoms with Gasteiger partial charge in [-0.25, -0.2) is 0 Å². The highest BCUT2D eigenvalue weighted by atomic mass is 16.5. The van der Waals surface area contributed by atoms with Crippen molar-refractivity contribution in [2.45, 2.75) is 24.3 Å². The number of methoxy groups -OCH3 is 1. The standard InChI is InChI=1S/C20H25N3O3/c1-22-9-20(10-23(11-20)19(25)12-3-4-12)17-14-6-5-13(26-2)7-15(14)21-18(17)16(22)8-24/h5-7,12,16,21,24H,3-4,8-11H2,1-2H3/t16-/m1/s1. The van der Waals surface area contributed by atoms with Crippen molar-refractivity contribution in [3.63, 3.8) is 0 Å². The summed E-state index contributed by atoms with van der Waals surface area (Å²) in [4.78, 5) is 20.2. The highest BCUT2D eigenvalue weighted by molar-refractivity contribution is 5.89. The Morgan fingerprint density at radius 1 is 1.35 bits per heavy atom. The van der Waals surface area contributed by atoms with Crippen molar-refractivity contribution < 1.29 is 14.6 Å². The molecule has 1 aromatic carbocycles. The van der Waals surface area contributed by atoms with Gasteiger partial charge in [-0.1, -0.05) is 0 Å². The van der Waals surface area contributed by atoms with Crippen molar-refractivity contribution in [2.24, 2.45) is 5.92 Å². The molecule has 3 heterocycles. The number of aromatic amines is 1. The van der Waals surface area contributed by atoms with E-state index in [0.717, 1.165) is 49.4 Å². The normalized spacial score (nSPS) is 24.6. The van der Waals surface area contributed by atoms with Crippen molar-refractivity contribution in [3.8, 4) is 5.75 Å². The Bertz CT molecular complexity index is 880. The van der Waals surface area contributed by atoms with Gasteiger partial charge in [-0.05, 0) is 37.6 Å². The summed E-state index contributed by atoms with van der Waals surface area (Å²) in [6, 6.07) is 6.07. The van der Waals surface area contributed by atoms with Crippen LogP contribution in [0.3, 0.4) is 0 Å². The summed E-state index contributed by atoms with van der Waals surface area (Å²) in [6.45, 7) is 2.49. The Morgan fingerprint density at radius 3 is 2.77 bits per heavy atom. The van der Waals surface area contributed by atoms with Crippen molar-refractivity contribution >= 4 is 16.8 Å². The van der Waals surface area contributed by atoms with E-state index in [1.807, 2.05) is 17.0 Å². The number of nitrogens with zero attached hydrogens (tertiary/aromatic N) is 2. The van der Waals surface area contributed by atoms with Crippen LogP contribution in [0.15, 0.2) is 18.2 Å². The molecule has 6 heteroatoms. The number of carbonyl (C=O) groups is 1.